The number of nitrogens with zero attached hydrogens (tertiary/aromatic N) is 2. The van der Waals surface area contributed by atoms with Crippen molar-refractivity contribution in [2.24, 2.45) is 0 Å². The van der Waals surface area contributed by atoms with E-state index in [-0.39, 0.29) is 25.8 Å². The van der Waals surface area contributed by atoms with E-state index in [2.05, 4.69) is 4.90 Å². The molecular weight excluding hydrogens is 296 g/mol. The first-order valence-electron chi connectivity index (χ1n) is 8.30. The number of hydrogen-bond donors (Lipinski definition) is 0. The van der Waals surface area contributed by atoms with Crippen LogP contribution < -0.4 is 0 Å². The Bertz CT molecular complexity index is 286. The number of halogens is 4. The van der Waals surface area contributed by atoms with Crippen LogP contribution in [0, 0.1) is 0 Å². The topological polar surface area (TPSA) is 6.48 Å². The van der Waals surface area contributed by atoms with Gasteiger partial charge in [0.15, 0.2) is 0 Å². The third-order valence-electron chi connectivity index (χ3n) is 3.84. The first-order chi connectivity index (χ1) is 10.1. The van der Waals surface area contributed by atoms with Crippen molar-refractivity contribution in [2.45, 2.75) is 71.3 Å². The molecule has 0 bridgehead atoms. The molecule has 0 N–H and O–H groups in total. The fourth-order valence-corrected chi connectivity index (χ4v) is 2.53. The third kappa shape index (κ3) is 8.93. The number of rotatable bonds is 1. The first kappa shape index (κ1) is 21.6. The number of alkyl halides is 4. The predicted octanol–water partition coefficient (Wildman–Crippen LogP) is 4.50. The minimum absolute atomic E-state index is 0.0329. The van der Waals surface area contributed by atoms with Crippen LogP contribution >= 0.6 is 0 Å². The molecule has 134 valence electrons. The fourth-order valence-electron chi connectivity index (χ4n) is 2.53. The van der Waals surface area contributed by atoms with Crippen LogP contribution in [-0.4, -0.2) is 60.9 Å². The molecule has 2 aliphatic heterocycles. The zero-order valence-corrected chi connectivity index (χ0v) is 14.6. The van der Waals surface area contributed by atoms with E-state index in [0.29, 0.717) is 25.6 Å². The Kier molecular flexibility index (Phi) is 9.55. The Morgan fingerprint density at radius 2 is 1.32 bits per heavy atom. The standard InChI is InChI=1S/C8H15F2N.C6H11F2N.C2H6/c1-7(2)11-5-3-8(9,10)4-6-11;1-9-4-2-3-6(7,8)5-9;1-2/h7H,3-6H2,1-2H3;2-5H2,1H3;1-2H3. The fraction of sp³-hybridized carbons (Fsp3) is 1.00. The third-order valence-corrected chi connectivity index (χ3v) is 3.84. The van der Waals surface area contributed by atoms with Crippen molar-refractivity contribution in [1.82, 2.24) is 9.80 Å². The molecule has 0 saturated carbocycles. The van der Waals surface area contributed by atoms with E-state index >= 15 is 0 Å². The average molecular weight is 328 g/mol. The van der Waals surface area contributed by atoms with Crippen LogP contribution in [0.2, 0.25) is 0 Å². The molecule has 0 unspecified atom stereocenters. The number of piperidine rings is 2. The van der Waals surface area contributed by atoms with Crippen molar-refractivity contribution in [3.05, 3.63) is 0 Å². The Morgan fingerprint density at radius 3 is 1.64 bits per heavy atom. The molecule has 6 heteroatoms. The SMILES string of the molecule is CC.CC(C)N1CCC(F)(F)CC1.CN1CCCC(F)(F)C1. The molecule has 0 atom stereocenters. The van der Waals surface area contributed by atoms with Gasteiger partial charge >= 0.3 is 0 Å². The van der Waals surface area contributed by atoms with Gasteiger partial charge in [-0.1, -0.05) is 13.8 Å². The highest BCUT2D eigenvalue weighted by atomic mass is 19.3. The monoisotopic (exact) mass is 328 g/mol. The summed E-state index contributed by atoms with van der Waals surface area (Å²) in [7, 11) is 1.73. The molecule has 2 heterocycles. The van der Waals surface area contributed by atoms with Crippen molar-refractivity contribution < 1.29 is 17.6 Å². The van der Waals surface area contributed by atoms with Crippen LogP contribution in [0.4, 0.5) is 17.6 Å². The highest BCUT2D eigenvalue weighted by Gasteiger charge is 2.34. The van der Waals surface area contributed by atoms with Gasteiger partial charge in [0.25, 0.3) is 11.8 Å². The molecule has 0 spiro atoms. The summed E-state index contributed by atoms with van der Waals surface area (Å²) in [6.07, 6.45) is 0.761. The zero-order valence-electron chi connectivity index (χ0n) is 14.6. The van der Waals surface area contributed by atoms with Crippen molar-refractivity contribution in [3.63, 3.8) is 0 Å². The van der Waals surface area contributed by atoms with Gasteiger partial charge in [-0.15, -0.1) is 0 Å². The maximum absolute atomic E-state index is 12.6. The van der Waals surface area contributed by atoms with Crippen LogP contribution in [0.25, 0.3) is 0 Å². The van der Waals surface area contributed by atoms with Crippen molar-refractivity contribution >= 4 is 0 Å². The summed E-state index contributed by atoms with van der Waals surface area (Å²) in [5, 5.41) is 0. The van der Waals surface area contributed by atoms with E-state index in [4.69, 9.17) is 0 Å². The molecule has 0 radical (unpaired) electrons. The van der Waals surface area contributed by atoms with E-state index in [1.54, 1.807) is 11.9 Å². The Morgan fingerprint density at radius 1 is 0.818 bits per heavy atom. The molecule has 2 saturated heterocycles. The van der Waals surface area contributed by atoms with Gasteiger partial charge in [0.2, 0.25) is 0 Å². The normalized spacial score (nSPS) is 24.8. The maximum Gasteiger partial charge on any atom is 0.260 e. The van der Waals surface area contributed by atoms with Crippen molar-refractivity contribution in [3.8, 4) is 0 Å². The first-order valence-corrected chi connectivity index (χ1v) is 8.30. The van der Waals surface area contributed by atoms with E-state index < -0.39 is 11.8 Å². The van der Waals surface area contributed by atoms with Crippen LogP contribution in [0.5, 0.6) is 0 Å². The molecular formula is C16H32F4N2. The highest BCUT2D eigenvalue weighted by Crippen LogP contribution is 2.28. The molecule has 0 aromatic rings. The van der Waals surface area contributed by atoms with Crippen LogP contribution in [0.1, 0.15) is 53.4 Å². The maximum atomic E-state index is 12.6. The zero-order chi connectivity index (χ0) is 17.4. The van der Waals surface area contributed by atoms with Gasteiger partial charge < -0.3 is 9.80 Å². The Hall–Kier alpha value is -0.360. The molecule has 2 fully saturated rings. The second-order valence-corrected chi connectivity index (χ2v) is 6.18. The Balaban J connectivity index is 0.000000366. The summed E-state index contributed by atoms with van der Waals surface area (Å²) < 4.78 is 50.1. The lowest BCUT2D eigenvalue weighted by molar-refractivity contribution is -0.0604. The summed E-state index contributed by atoms with van der Waals surface area (Å²) in [6.45, 7) is 9.94. The van der Waals surface area contributed by atoms with E-state index in [1.165, 1.54) is 0 Å². The largest absolute Gasteiger partial charge is 0.301 e. The lowest BCUT2D eigenvalue weighted by Gasteiger charge is -2.34. The van der Waals surface area contributed by atoms with Gasteiger partial charge in [0.1, 0.15) is 0 Å². The average Bonchev–Trinajstić information content (AvgIpc) is 2.39. The molecule has 2 aliphatic rings. The van der Waals surface area contributed by atoms with Crippen LogP contribution in [0.15, 0.2) is 0 Å². The molecule has 2 nitrogen and oxygen atoms in total. The summed E-state index contributed by atoms with van der Waals surface area (Å²) in [6, 6.07) is 0.408. The van der Waals surface area contributed by atoms with E-state index in [9.17, 15) is 17.6 Å². The van der Waals surface area contributed by atoms with Gasteiger partial charge in [-0.3, -0.25) is 0 Å². The number of hydrogen-bond acceptors (Lipinski definition) is 2. The van der Waals surface area contributed by atoms with Crippen LogP contribution in [-0.2, 0) is 0 Å². The predicted molar refractivity (Wildman–Crippen MR) is 83.9 cm³/mol. The summed E-state index contributed by atoms with van der Waals surface area (Å²) >= 11 is 0. The second-order valence-electron chi connectivity index (χ2n) is 6.18. The minimum atomic E-state index is -2.42. The summed E-state index contributed by atoms with van der Waals surface area (Å²) in [4.78, 5) is 3.76. The molecule has 0 aromatic heterocycles. The van der Waals surface area contributed by atoms with Crippen molar-refractivity contribution in [2.75, 3.05) is 33.2 Å². The van der Waals surface area contributed by atoms with Gasteiger partial charge in [0, 0.05) is 38.4 Å². The van der Waals surface area contributed by atoms with Crippen molar-refractivity contribution in [1.29, 1.82) is 0 Å². The van der Waals surface area contributed by atoms with Gasteiger partial charge in [-0.05, 0) is 33.9 Å². The number of likely N-dealkylation sites (tertiary alicyclic amines) is 2. The Labute approximate surface area is 132 Å². The van der Waals surface area contributed by atoms with Crippen LogP contribution in [0.3, 0.4) is 0 Å². The second kappa shape index (κ2) is 9.71. The summed E-state index contributed by atoms with van der Waals surface area (Å²) in [5.41, 5.74) is 0. The summed E-state index contributed by atoms with van der Waals surface area (Å²) in [5.74, 6) is -4.82. The molecule has 22 heavy (non-hydrogen) atoms. The molecule has 0 aliphatic carbocycles. The van der Waals surface area contributed by atoms with Gasteiger partial charge in [-0.25, -0.2) is 17.6 Å². The van der Waals surface area contributed by atoms with Gasteiger partial charge in [-0.2, -0.15) is 0 Å². The highest BCUT2D eigenvalue weighted by molar-refractivity contribution is 4.79. The lowest BCUT2D eigenvalue weighted by Crippen LogP contribution is -2.42. The molecule has 0 aromatic carbocycles. The molecule has 0 amide bonds. The van der Waals surface area contributed by atoms with E-state index in [1.807, 2.05) is 27.7 Å². The van der Waals surface area contributed by atoms with E-state index in [0.717, 1.165) is 6.54 Å². The van der Waals surface area contributed by atoms with Gasteiger partial charge in [0.05, 0.1) is 6.54 Å². The smallest absolute Gasteiger partial charge is 0.260 e. The lowest BCUT2D eigenvalue weighted by atomic mass is 10.1. The minimum Gasteiger partial charge on any atom is -0.301 e. The quantitative estimate of drug-likeness (QED) is 0.654. The molecule has 2 rings (SSSR count).